The first-order valence-electron chi connectivity index (χ1n) is 7.54. The first-order chi connectivity index (χ1) is 12.5. The molecule has 2 rings (SSSR count). The summed E-state index contributed by atoms with van der Waals surface area (Å²) >= 11 is 0. The Morgan fingerprint density at radius 2 is 2.23 bits per heavy atom. The average molecular weight is 353 g/mol. The molecule has 0 bridgehead atoms. The van der Waals surface area contributed by atoms with Gasteiger partial charge in [-0.3, -0.25) is 4.79 Å². The van der Waals surface area contributed by atoms with Crippen molar-refractivity contribution in [3.05, 3.63) is 71.1 Å². The second-order valence-corrected chi connectivity index (χ2v) is 5.23. The van der Waals surface area contributed by atoms with Crippen molar-refractivity contribution in [1.82, 2.24) is 5.43 Å². The zero-order valence-electron chi connectivity index (χ0n) is 14.0. The van der Waals surface area contributed by atoms with Gasteiger partial charge in [-0.1, -0.05) is 6.08 Å². The Morgan fingerprint density at radius 1 is 1.46 bits per heavy atom. The number of nitrogens with zero attached hydrogens (tertiary/aromatic N) is 2. The SMILES string of the molecule is C=CCc1cc(/C=N\NC(=O)c2ccc(C#N)cc2F)cc(OC)c1O. The van der Waals surface area contributed by atoms with Crippen LogP contribution in [0.5, 0.6) is 11.5 Å². The molecular weight excluding hydrogens is 337 g/mol. The van der Waals surface area contributed by atoms with E-state index in [-0.39, 0.29) is 22.6 Å². The van der Waals surface area contributed by atoms with E-state index in [1.165, 1.54) is 25.5 Å². The number of hydrazone groups is 1. The van der Waals surface area contributed by atoms with Crippen LogP contribution in [0.3, 0.4) is 0 Å². The maximum Gasteiger partial charge on any atom is 0.274 e. The molecule has 0 aliphatic rings. The van der Waals surface area contributed by atoms with Crippen LogP contribution >= 0.6 is 0 Å². The number of rotatable bonds is 6. The number of ether oxygens (including phenoxy) is 1. The number of phenolic OH excluding ortho intramolecular Hbond substituents is 1. The fourth-order valence-corrected chi connectivity index (χ4v) is 2.22. The maximum atomic E-state index is 13.8. The average Bonchev–Trinajstić information content (AvgIpc) is 2.63. The molecule has 2 N–H and O–H groups in total. The summed E-state index contributed by atoms with van der Waals surface area (Å²) in [6.45, 7) is 3.62. The van der Waals surface area contributed by atoms with E-state index in [1.54, 1.807) is 24.3 Å². The Balaban J connectivity index is 2.17. The van der Waals surface area contributed by atoms with Crippen molar-refractivity contribution in [1.29, 1.82) is 5.26 Å². The summed E-state index contributed by atoms with van der Waals surface area (Å²) in [7, 11) is 1.42. The van der Waals surface area contributed by atoms with Gasteiger partial charge >= 0.3 is 0 Å². The summed E-state index contributed by atoms with van der Waals surface area (Å²) in [4.78, 5) is 12.0. The number of carbonyl (C=O) groups excluding carboxylic acids is 1. The van der Waals surface area contributed by atoms with Gasteiger partial charge in [0.05, 0.1) is 30.5 Å². The van der Waals surface area contributed by atoms with Gasteiger partial charge in [0.2, 0.25) is 0 Å². The molecule has 2 aromatic carbocycles. The molecule has 2 aromatic rings. The zero-order chi connectivity index (χ0) is 19.1. The molecule has 0 aliphatic carbocycles. The Labute approximate surface area is 149 Å². The van der Waals surface area contributed by atoms with Crippen molar-refractivity contribution in [3.63, 3.8) is 0 Å². The summed E-state index contributed by atoms with van der Waals surface area (Å²) in [5.41, 5.74) is 3.26. The lowest BCUT2D eigenvalue weighted by atomic mass is 10.1. The third-order valence-corrected chi connectivity index (χ3v) is 3.48. The van der Waals surface area contributed by atoms with Gasteiger partial charge in [-0.15, -0.1) is 6.58 Å². The molecule has 0 saturated carbocycles. The fourth-order valence-electron chi connectivity index (χ4n) is 2.22. The molecular formula is C19H16FN3O3. The first kappa shape index (κ1) is 18.7. The Hall–Kier alpha value is -3.66. The molecule has 6 nitrogen and oxygen atoms in total. The Kier molecular flexibility index (Phi) is 6.06. The Bertz CT molecular complexity index is 917. The van der Waals surface area contributed by atoms with Gasteiger partial charge in [-0.25, -0.2) is 9.82 Å². The predicted octanol–water partition coefficient (Wildman–Crippen LogP) is 2.90. The fraction of sp³-hybridized carbons (Fsp3) is 0.105. The van der Waals surface area contributed by atoms with Crippen LogP contribution in [0, 0.1) is 17.1 Å². The van der Waals surface area contributed by atoms with Gasteiger partial charge in [0, 0.05) is 5.56 Å². The largest absolute Gasteiger partial charge is 0.504 e. The molecule has 0 atom stereocenters. The van der Waals surface area contributed by atoms with Crippen molar-refractivity contribution in [2.24, 2.45) is 5.10 Å². The van der Waals surface area contributed by atoms with Gasteiger partial charge < -0.3 is 9.84 Å². The van der Waals surface area contributed by atoms with Crippen LogP contribution in [0.4, 0.5) is 4.39 Å². The van der Waals surface area contributed by atoms with Crippen molar-refractivity contribution >= 4 is 12.1 Å². The maximum absolute atomic E-state index is 13.8. The Morgan fingerprint density at radius 3 is 2.85 bits per heavy atom. The van der Waals surface area contributed by atoms with Crippen molar-refractivity contribution in [3.8, 4) is 17.6 Å². The summed E-state index contributed by atoms with van der Waals surface area (Å²) < 4.78 is 18.9. The highest BCUT2D eigenvalue weighted by molar-refractivity contribution is 5.95. The number of carbonyl (C=O) groups is 1. The van der Waals surface area contributed by atoms with E-state index in [1.807, 2.05) is 0 Å². The van der Waals surface area contributed by atoms with E-state index in [2.05, 4.69) is 17.1 Å². The normalized spacial score (nSPS) is 10.3. The van der Waals surface area contributed by atoms with Crippen LogP contribution in [0.15, 0.2) is 48.1 Å². The van der Waals surface area contributed by atoms with Crippen LogP contribution in [0.1, 0.15) is 27.0 Å². The number of aromatic hydroxyl groups is 1. The highest BCUT2D eigenvalue weighted by atomic mass is 19.1. The van der Waals surface area contributed by atoms with E-state index in [4.69, 9.17) is 10.00 Å². The highest BCUT2D eigenvalue weighted by Crippen LogP contribution is 2.31. The monoisotopic (exact) mass is 353 g/mol. The number of benzene rings is 2. The minimum atomic E-state index is -0.809. The quantitative estimate of drug-likeness (QED) is 0.474. The number of nitriles is 1. The lowest BCUT2D eigenvalue weighted by molar-refractivity contribution is 0.0951. The van der Waals surface area contributed by atoms with E-state index in [9.17, 15) is 14.3 Å². The number of allylic oxidation sites excluding steroid dienone is 1. The zero-order valence-corrected chi connectivity index (χ0v) is 14.0. The standard InChI is InChI=1S/C19H16FN3O3/c1-3-4-14-7-13(9-17(26-2)18(14)24)11-22-23-19(25)15-6-5-12(10-21)8-16(15)20/h3,5-9,11,24H,1,4H2,2H3,(H,23,25)/b22-11-. The molecule has 132 valence electrons. The third kappa shape index (κ3) is 4.24. The van der Waals surface area contributed by atoms with Crippen LogP contribution < -0.4 is 10.2 Å². The third-order valence-electron chi connectivity index (χ3n) is 3.48. The molecule has 1 amide bonds. The van der Waals surface area contributed by atoms with Crippen LogP contribution in [-0.4, -0.2) is 24.3 Å². The van der Waals surface area contributed by atoms with Gasteiger partial charge in [0.15, 0.2) is 11.5 Å². The molecule has 26 heavy (non-hydrogen) atoms. The molecule has 0 aromatic heterocycles. The molecule has 0 unspecified atom stereocenters. The molecule has 0 spiro atoms. The van der Waals surface area contributed by atoms with Crippen LogP contribution in [0.2, 0.25) is 0 Å². The second kappa shape index (κ2) is 8.44. The van der Waals surface area contributed by atoms with E-state index in [0.29, 0.717) is 17.5 Å². The number of amides is 1. The van der Waals surface area contributed by atoms with E-state index < -0.39 is 11.7 Å². The number of halogens is 1. The smallest absolute Gasteiger partial charge is 0.274 e. The minimum Gasteiger partial charge on any atom is -0.504 e. The van der Waals surface area contributed by atoms with Crippen molar-refractivity contribution in [2.75, 3.05) is 7.11 Å². The van der Waals surface area contributed by atoms with Crippen LogP contribution in [-0.2, 0) is 6.42 Å². The summed E-state index contributed by atoms with van der Waals surface area (Å²) in [6.07, 6.45) is 3.39. The van der Waals surface area contributed by atoms with Crippen molar-refractivity contribution in [2.45, 2.75) is 6.42 Å². The first-order valence-corrected chi connectivity index (χ1v) is 7.54. The predicted molar refractivity (Wildman–Crippen MR) is 94.7 cm³/mol. The topological polar surface area (TPSA) is 94.7 Å². The summed E-state index contributed by atoms with van der Waals surface area (Å²) in [5, 5.41) is 22.5. The molecule has 0 fully saturated rings. The van der Waals surface area contributed by atoms with Crippen LogP contribution in [0.25, 0.3) is 0 Å². The number of hydrogen-bond acceptors (Lipinski definition) is 5. The minimum absolute atomic E-state index is 0.00763. The second-order valence-electron chi connectivity index (χ2n) is 5.23. The summed E-state index contributed by atoms with van der Waals surface area (Å²) in [6, 6.07) is 8.53. The number of phenols is 1. The number of methoxy groups -OCH3 is 1. The molecule has 7 heteroatoms. The van der Waals surface area contributed by atoms with E-state index >= 15 is 0 Å². The molecule has 0 heterocycles. The molecule has 0 radical (unpaired) electrons. The van der Waals surface area contributed by atoms with Gasteiger partial charge in [0.1, 0.15) is 5.82 Å². The number of hydrogen-bond donors (Lipinski definition) is 2. The van der Waals surface area contributed by atoms with Gasteiger partial charge in [-0.2, -0.15) is 10.4 Å². The van der Waals surface area contributed by atoms with Gasteiger partial charge in [0.25, 0.3) is 5.91 Å². The number of nitrogens with one attached hydrogen (secondary N) is 1. The lowest BCUT2D eigenvalue weighted by Gasteiger charge is -2.09. The molecule has 0 saturated heterocycles. The molecule has 0 aliphatic heterocycles. The van der Waals surface area contributed by atoms with Crippen molar-refractivity contribution < 1.29 is 19.0 Å². The van der Waals surface area contributed by atoms with Gasteiger partial charge in [-0.05, 0) is 42.3 Å². The lowest BCUT2D eigenvalue weighted by Crippen LogP contribution is -2.19. The van der Waals surface area contributed by atoms with E-state index in [0.717, 1.165) is 6.07 Å². The summed E-state index contributed by atoms with van der Waals surface area (Å²) in [5.74, 6) is -1.29. The highest BCUT2D eigenvalue weighted by Gasteiger charge is 2.12.